The molecule has 7 heteroatoms. The first-order valence-electron chi connectivity index (χ1n) is 9.00. The molecular formula is C20H29NO5S. The molecule has 0 bridgehead atoms. The third kappa shape index (κ3) is 4.58. The molecule has 0 fully saturated rings. The third-order valence-electron chi connectivity index (χ3n) is 4.51. The predicted octanol–water partition coefficient (Wildman–Crippen LogP) is 3.31. The number of thioether (sulfide) groups is 1. The summed E-state index contributed by atoms with van der Waals surface area (Å²) in [6.07, 6.45) is 0.892. The number of ether oxygens (including phenoxy) is 2. The minimum Gasteiger partial charge on any atom is -0.465 e. The summed E-state index contributed by atoms with van der Waals surface area (Å²) in [4.78, 5) is 26.2. The van der Waals surface area contributed by atoms with Crippen LogP contribution in [0.5, 0.6) is 0 Å². The molecule has 2 unspecified atom stereocenters. The molecule has 1 N–H and O–H groups in total. The lowest BCUT2D eigenvalue weighted by atomic mass is 10.0. The lowest BCUT2D eigenvalue weighted by Crippen LogP contribution is -2.40. The maximum atomic E-state index is 12.5. The van der Waals surface area contributed by atoms with Crippen LogP contribution in [0.15, 0.2) is 18.2 Å². The number of hydrogen-bond donors (Lipinski definition) is 1. The van der Waals surface area contributed by atoms with Crippen LogP contribution in [0.4, 0.5) is 4.79 Å². The highest BCUT2D eigenvalue weighted by Crippen LogP contribution is 2.48. The molecule has 0 saturated heterocycles. The zero-order valence-electron chi connectivity index (χ0n) is 16.9. The zero-order chi connectivity index (χ0) is 20.4. The van der Waals surface area contributed by atoms with Crippen molar-refractivity contribution in [2.45, 2.75) is 57.1 Å². The van der Waals surface area contributed by atoms with Crippen LogP contribution in [0.3, 0.4) is 0 Å². The van der Waals surface area contributed by atoms with Crippen LogP contribution in [-0.4, -0.2) is 52.3 Å². The molecule has 2 rings (SSSR count). The first kappa shape index (κ1) is 21.6. The van der Waals surface area contributed by atoms with Crippen molar-refractivity contribution in [3.63, 3.8) is 0 Å². The van der Waals surface area contributed by atoms with E-state index in [1.165, 1.54) is 16.7 Å². The number of hydrogen-bond acceptors (Lipinski definition) is 6. The van der Waals surface area contributed by atoms with Gasteiger partial charge in [0.25, 0.3) is 0 Å². The molecule has 2 atom stereocenters. The summed E-state index contributed by atoms with van der Waals surface area (Å²) in [5, 5.41) is 10.8. The molecule has 150 valence electrons. The fourth-order valence-corrected chi connectivity index (χ4v) is 4.07. The van der Waals surface area contributed by atoms with E-state index in [-0.39, 0.29) is 6.61 Å². The molecule has 0 aliphatic heterocycles. The van der Waals surface area contributed by atoms with Crippen LogP contribution in [-0.2, 0) is 27.2 Å². The van der Waals surface area contributed by atoms with Gasteiger partial charge in [0.15, 0.2) is 0 Å². The fraction of sp³-hybridized carbons (Fsp3) is 0.600. The van der Waals surface area contributed by atoms with Gasteiger partial charge in [-0.05, 0) is 50.6 Å². The molecule has 27 heavy (non-hydrogen) atoms. The highest BCUT2D eigenvalue weighted by molar-refractivity contribution is 8.00. The second-order valence-corrected chi connectivity index (χ2v) is 8.90. The Labute approximate surface area is 165 Å². The number of nitrogens with zero attached hydrogens (tertiary/aromatic N) is 1. The summed E-state index contributed by atoms with van der Waals surface area (Å²) in [5.41, 5.74) is 2.00. The lowest BCUT2D eigenvalue weighted by molar-refractivity contribution is -0.148. The van der Waals surface area contributed by atoms with Gasteiger partial charge in [-0.2, -0.15) is 0 Å². The zero-order valence-corrected chi connectivity index (χ0v) is 17.7. The largest absolute Gasteiger partial charge is 0.465 e. The molecule has 0 spiro atoms. The second kappa shape index (κ2) is 8.10. The van der Waals surface area contributed by atoms with E-state index < -0.39 is 28.5 Å². The maximum Gasteiger partial charge on any atom is 0.410 e. The molecule has 6 nitrogen and oxygen atoms in total. The number of carbonyl (C=O) groups excluding carboxylic acids is 2. The molecule has 1 aliphatic carbocycles. The predicted molar refractivity (Wildman–Crippen MR) is 106 cm³/mol. The summed E-state index contributed by atoms with van der Waals surface area (Å²) in [6.45, 7) is 7.89. The topological polar surface area (TPSA) is 76.1 Å². The van der Waals surface area contributed by atoms with Crippen LogP contribution >= 0.6 is 11.8 Å². The average molecular weight is 396 g/mol. The lowest BCUT2D eigenvalue weighted by Gasteiger charge is -2.28. The summed E-state index contributed by atoms with van der Waals surface area (Å²) in [7, 11) is 1.68. The van der Waals surface area contributed by atoms with Crippen molar-refractivity contribution in [3.8, 4) is 0 Å². The van der Waals surface area contributed by atoms with Crippen molar-refractivity contribution in [1.29, 1.82) is 0 Å². The van der Waals surface area contributed by atoms with Crippen molar-refractivity contribution in [3.05, 3.63) is 34.9 Å². The maximum absolute atomic E-state index is 12.5. The number of amides is 1. The van der Waals surface area contributed by atoms with Crippen molar-refractivity contribution in [2.24, 2.45) is 0 Å². The summed E-state index contributed by atoms with van der Waals surface area (Å²) < 4.78 is 9.56. The number of benzene rings is 1. The average Bonchev–Trinajstić information content (AvgIpc) is 2.86. The van der Waals surface area contributed by atoms with Crippen molar-refractivity contribution < 1.29 is 24.2 Å². The Morgan fingerprint density at radius 3 is 2.59 bits per heavy atom. The third-order valence-corrected chi connectivity index (χ3v) is 5.77. The molecule has 0 aromatic heterocycles. The number of aliphatic hydroxyl groups excluding tert-OH is 1. The normalized spacial score (nSPS) is 21.5. The van der Waals surface area contributed by atoms with E-state index in [2.05, 4.69) is 0 Å². The van der Waals surface area contributed by atoms with Gasteiger partial charge in [-0.1, -0.05) is 18.2 Å². The monoisotopic (exact) mass is 395 g/mol. The van der Waals surface area contributed by atoms with Crippen LogP contribution in [0.2, 0.25) is 0 Å². The van der Waals surface area contributed by atoms with Crippen LogP contribution in [0.25, 0.3) is 0 Å². The van der Waals surface area contributed by atoms with Crippen LogP contribution in [0.1, 0.15) is 50.5 Å². The molecule has 0 saturated carbocycles. The first-order valence-corrected chi connectivity index (χ1v) is 10.2. The Morgan fingerprint density at radius 1 is 1.37 bits per heavy atom. The smallest absolute Gasteiger partial charge is 0.410 e. The molecular weight excluding hydrogens is 366 g/mol. The number of esters is 1. The molecule has 1 aromatic carbocycles. The minimum atomic E-state index is -1.02. The summed E-state index contributed by atoms with van der Waals surface area (Å²) >= 11 is 1.31. The molecule has 1 amide bonds. The van der Waals surface area contributed by atoms with Gasteiger partial charge in [0.05, 0.1) is 6.61 Å². The highest BCUT2D eigenvalue weighted by atomic mass is 32.2. The molecule has 0 radical (unpaired) electrons. The Balaban J connectivity index is 2.19. The van der Waals surface area contributed by atoms with E-state index in [1.54, 1.807) is 14.0 Å². The molecule has 1 aromatic rings. The summed E-state index contributed by atoms with van der Waals surface area (Å²) in [6, 6.07) is 5.64. The molecule has 0 heterocycles. The number of carbonyl (C=O) groups is 2. The van der Waals surface area contributed by atoms with Gasteiger partial charge in [-0.15, -0.1) is 11.8 Å². The van der Waals surface area contributed by atoms with Crippen LogP contribution in [0, 0.1) is 0 Å². The summed E-state index contributed by atoms with van der Waals surface area (Å²) in [5.74, 6) is -0.395. The Bertz CT molecular complexity index is 715. The van der Waals surface area contributed by atoms with E-state index in [0.717, 1.165) is 16.7 Å². The Hall–Kier alpha value is -1.73. The number of rotatable bonds is 5. The quantitative estimate of drug-likeness (QED) is 0.771. The number of fused-ring (bicyclic) bond motifs is 1. The van der Waals surface area contributed by atoms with Crippen molar-refractivity contribution in [1.82, 2.24) is 4.90 Å². The van der Waals surface area contributed by atoms with E-state index in [9.17, 15) is 14.7 Å². The van der Waals surface area contributed by atoms with Gasteiger partial charge in [0, 0.05) is 20.0 Å². The van der Waals surface area contributed by atoms with E-state index >= 15 is 0 Å². The van der Waals surface area contributed by atoms with Crippen LogP contribution < -0.4 is 0 Å². The van der Waals surface area contributed by atoms with Gasteiger partial charge in [0.1, 0.15) is 16.5 Å². The number of aliphatic hydroxyl groups is 1. The van der Waals surface area contributed by atoms with E-state index in [0.29, 0.717) is 13.0 Å². The highest BCUT2D eigenvalue weighted by Gasteiger charge is 2.52. The first-order chi connectivity index (χ1) is 12.5. The van der Waals surface area contributed by atoms with Gasteiger partial charge in [-0.25, -0.2) is 4.79 Å². The Kier molecular flexibility index (Phi) is 6.47. The standard InChI is InChI=1S/C20H29NO5S/c1-7-25-17(23)20(27-6)11-14-10-13(8-9-15(14)16(20)22)12-21(5)18(24)26-19(2,3)4/h8-10,16,22H,7,11-12H2,1-6H3. The fourth-order valence-electron chi connectivity index (χ4n) is 3.19. The second-order valence-electron chi connectivity index (χ2n) is 7.76. The minimum absolute atomic E-state index is 0.274. The van der Waals surface area contributed by atoms with Gasteiger partial charge in [-0.3, -0.25) is 4.79 Å². The van der Waals surface area contributed by atoms with Gasteiger partial charge < -0.3 is 19.5 Å². The van der Waals surface area contributed by atoms with Crippen molar-refractivity contribution in [2.75, 3.05) is 19.9 Å². The van der Waals surface area contributed by atoms with Gasteiger partial charge >= 0.3 is 12.1 Å². The Morgan fingerprint density at radius 2 is 2.04 bits per heavy atom. The van der Waals surface area contributed by atoms with E-state index in [1.807, 2.05) is 45.2 Å². The van der Waals surface area contributed by atoms with Crippen molar-refractivity contribution >= 4 is 23.8 Å². The molecule has 1 aliphatic rings. The SMILES string of the molecule is CCOC(=O)C1(SC)Cc2cc(CN(C)C(=O)OC(C)(C)C)ccc2C1O. The van der Waals surface area contributed by atoms with E-state index in [4.69, 9.17) is 9.47 Å². The van der Waals surface area contributed by atoms with Gasteiger partial charge in [0.2, 0.25) is 0 Å².